The van der Waals surface area contributed by atoms with E-state index in [1.54, 1.807) is 0 Å². The molecule has 4 unspecified atom stereocenters. The van der Waals surface area contributed by atoms with Crippen LogP contribution in [0.15, 0.2) is 0 Å². The van der Waals surface area contributed by atoms with Crippen LogP contribution in [0, 0.1) is 0 Å². The van der Waals surface area contributed by atoms with Crippen LogP contribution in [-0.2, 0) is 9.47 Å². The van der Waals surface area contributed by atoms with E-state index >= 15 is 0 Å². The van der Waals surface area contributed by atoms with E-state index in [1.807, 2.05) is 0 Å². The summed E-state index contributed by atoms with van der Waals surface area (Å²) in [5.41, 5.74) is 0. The van der Waals surface area contributed by atoms with Crippen LogP contribution in [0.4, 0.5) is 0 Å². The Balaban J connectivity index is 2.11. The first kappa shape index (κ1) is 10.3. The second kappa shape index (κ2) is 3.75. The van der Waals surface area contributed by atoms with E-state index in [0.29, 0.717) is 13.0 Å². The summed E-state index contributed by atoms with van der Waals surface area (Å²) >= 11 is 0. The number of hydrogen-bond donors (Lipinski definition) is 3. The van der Waals surface area contributed by atoms with Gasteiger partial charge in [0.2, 0.25) is 0 Å². The van der Waals surface area contributed by atoms with E-state index in [9.17, 15) is 15.3 Å². The first-order chi connectivity index (χ1) is 6.66. The molecule has 2 rings (SSSR count). The van der Waals surface area contributed by atoms with Gasteiger partial charge in [-0.3, -0.25) is 0 Å². The molecule has 4 atom stereocenters. The zero-order valence-electron chi connectivity index (χ0n) is 7.93. The van der Waals surface area contributed by atoms with E-state index in [1.165, 1.54) is 0 Å². The minimum Gasteiger partial charge on any atom is -0.388 e. The predicted octanol–water partition coefficient (Wildman–Crippen LogP) is -1.00. The summed E-state index contributed by atoms with van der Waals surface area (Å²) in [6.07, 6.45) is -0.955. The molecule has 0 aromatic carbocycles. The highest BCUT2D eigenvalue weighted by Gasteiger charge is 2.51. The molecular weight excluding hydrogens is 188 g/mol. The minimum absolute atomic E-state index is 0.0121. The zero-order chi connectivity index (χ0) is 10.2. The van der Waals surface area contributed by atoms with Gasteiger partial charge in [0, 0.05) is 6.42 Å². The highest BCUT2D eigenvalue weighted by molar-refractivity contribution is 4.93. The first-order valence-corrected chi connectivity index (χ1v) is 4.98. The molecule has 14 heavy (non-hydrogen) atoms. The van der Waals surface area contributed by atoms with Gasteiger partial charge in [0.25, 0.3) is 0 Å². The molecule has 82 valence electrons. The molecular formula is C9H16O5. The molecule has 0 aromatic heterocycles. The number of ether oxygens (including phenoxy) is 2. The summed E-state index contributed by atoms with van der Waals surface area (Å²) < 4.78 is 10.7. The van der Waals surface area contributed by atoms with Gasteiger partial charge in [0.1, 0.15) is 18.3 Å². The maximum atomic E-state index is 9.76. The van der Waals surface area contributed by atoms with Gasteiger partial charge in [0.05, 0.1) is 13.2 Å². The van der Waals surface area contributed by atoms with E-state index in [0.717, 1.165) is 12.8 Å². The fourth-order valence-electron chi connectivity index (χ4n) is 2.02. The number of hydrogen-bond acceptors (Lipinski definition) is 5. The lowest BCUT2D eigenvalue weighted by molar-refractivity contribution is -0.349. The molecule has 2 aliphatic heterocycles. The van der Waals surface area contributed by atoms with Gasteiger partial charge >= 0.3 is 0 Å². The SMILES string of the molecule is OC1COC2(CCCCO2)C(O)C1O. The molecule has 2 saturated heterocycles. The molecule has 0 radical (unpaired) electrons. The summed E-state index contributed by atoms with van der Waals surface area (Å²) in [6, 6.07) is 0. The quantitative estimate of drug-likeness (QED) is 0.471. The highest BCUT2D eigenvalue weighted by Crippen LogP contribution is 2.34. The zero-order valence-corrected chi connectivity index (χ0v) is 7.93. The maximum Gasteiger partial charge on any atom is 0.197 e. The average molecular weight is 204 g/mol. The highest BCUT2D eigenvalue weighted by atomic mass is 16.7. The standard InChI is InChI=1S/C9H16O5/c10-6-5-14-9(8(12)7(6)11)3-1-2-4-13-9/h6-8,10-12H,1-5H2. The monoisotopic (exact) mass is 204 g/mol. The van der Waals surface area contributed by atoms with Crippen molar-refractivity contribution in [1.29, 1.82) is 0 Å². The summed E-state index contributed by atoms with van der Waals surface area (Å²) in [4.78, 5) is 0. The van der Waals surface area contributed by atoms with Crippen molar-refractivity contribution in [2.24, 2.45) is 0 Å². The molecule has 2 heterocycles. The van der Waals surface area contributed by atoms with Crippen molar-refractivity contribution in [3.8, 4) is 0 Å². The molecule has 2 fully saturated rings. The maximum absolute atomic E-state index is 9.76. The van der Waals surface area contributed by atoms with Crippen molar-refractivity contribution in [3.63, 3.8) is 0 Å². The fraction of sp³-hybridized carbons (Fsp3) is 1.00. The molecule has 0 aromatic rings. The van der Waals surface area contributed by atoms with Crippen LogP contribution in [0.2, 0.25) is 0 Å². The molecule has 2 aliphatic rings. The van der Waals surface area contributed by atoms with Gasteiger partial charge in [0.15, 0.2) is 5.79 Å². The van der Waals surface area contributed by atoms with Gasteiger partial charge in [-0.05, 0) is 12.8 Å². The molecule has 0 aliphatic carbocycles. The van der Waals surface area contributed by atoms with Crippen LogP contribution in [-0.4, -0.2) is 52.6 Å². The Bertz CT molecular complexity index is 201. The van der Waals surface area contributed by atoms with Crippen LogP contribution < -0.4 is 0 Å². The Morgan fingerprint density at radius 2 is 1.86 bits per heavy atom. The topological polar surface area (TPSA) is 79.2 Å². The van der Waals surface area contributed by atoms with Crippen molar-refractivity contribution in [3.05, 3.63) is 0 Å². The Hall–Kier alpha value is -0.200. The van der Waals surface area contributed by atoms with Gasteiger partial charge in [-0.1, -0.05) is 0 Å². The molecule has 3 N–H and O–H groups in total. The van der Waals surface area contributed by atoms with Gasteiger partial charge in [-0.25, -0.2) is 0 Å². The predicted molar refractivity (Wildman–Crippen MR) is 46.5 cm³/mol. The Morgan fingerprint density at radius 3 is 2.50 bits per heavy atom. The van der Waals surface area contributed by atoms with E-state index in [-0.39, 0.29) is 6.61 Å². The molecule has 0 saturated carbocycles. The minimum atomic E-state index is -1.18. The van der Waals surface area contributed by atoms with Gasteiger partial charge < -0.3 is 24.8 Å². The van der Waals surface area contributed by atoms with Crippen molar-refractivity contribution in [1.82, 2.24) is 0 Å². The fourth-order valence-corrected chi connectivity index (χ4v) is 2.02. The van der Waals surface area contributed by atoms with Crippen molar-refractivity contribution in [2.45, 2.75) is 43.4 Å². The molecule has 5 nitrogen and oxygen atoms in total. The normalized spacial score (nSPS) is 49.5. The summed E-state index contributed by atoms with van der Waals surface area (Å²) in [6.45, 7) is 0.540. The van der Waals surface area contributed by atoms with Crippen LogP contribution >= 0.6 is 0 Å². The number of aliphatic hydroxyl groups excluding tert-OH is 3. The van der Waals surface area contributed by atoms with Crippen LogP contribution in [0.25, 0.3) is 0 Å². The number of aliphatic hydroxyl groups is 3. The Morgan fingerprint density at radius 1 is 1.07 bits per heavy atom. The molecule has 0 amide bonds. The summed E-state index contributed by atoms with van der Waals surface area (Å²) in [7, 11) is 0. The smallest absolute Gasteiger partial charge is 0.197 e. The second-order valence-electron chi connectivity index (χ2n) is 3.93. The third-order valence-electron chi connectivity index (χ3n) is 2.93. The van der Waals surface area contributed by atoms with Crippen LogP contribution in [0.5, 0.6) is 0 Å². The third kappa shape index (κ3) is 1.55. The van der Waals surface area contributed by atoms with E-state index < -0.39 is 24.1 Å². The lowest BCUT2D eigenvalue weighted by atomic mass is 9.91. The van der Waals surface area contributed by atoms with Gasteiger partial charge in [-0.15, -0.1) is 0 Å². The van der Waals surface area contributed by atoms with Crippen LogP contribution in [0.3, 0.4) is 0 Å². The molecule has 5 heteroatoms. The Kier molecular flexibility index (Phi) is 2.77. The first-order valence-electron chi connectivity index (χ1n) is 4.98. The van der Waals surface area contributed by atoms with Crippen molar-refractivity contribution >= 4 is 0 Å². The third-order valence-corrected chi connectivity index (χ3v) is 2.93. The largest absolute Gasteiger partial charge is 0.388 e. The van der Waals surface area contributed by atoms with Crippen LogP contribution in [0.1, 0.15) is 19.3 Å². The average Bonchev–Trinajstić information content (AvgIpc) is 2.23. The van der Waals surface area contributed by atoms with Gasteiger partial charge in [-0.2, -0.15) is 0 Å². The lowest BCUT2D eigenvalue weighted by Crippen LogP contribution is -2.62. The molecule has 1 spiro atoms. The van der Waals surface area contributed by atoms with Crippen molar-refractivity contribution in [2.75, 3.05) is 13.2 Å². The number of rotatable bonds is 0. The lowest BCUT2D eigenvalue weighted by Gasteiger charge is -2.46. The Labute approximate surface area is 82.3 Å². The van der Waals surface area contributed by atoms with E-state index in [4.69, 9.17) is 9.47 Å². The van der Waals surface area contributed by atoms with Crippen molar-refractivity contribution < 1.29 is 24.8 Å². The molecule has 0 bridgehead atoms. The van der Waals surface area contributed by atoms with E-state index in [2.05, 4.69) is 0 Å². The summed E-state index contributed by atoms with van der Waals surface area (Å²) in [5.74, 6) is -1.09. The summed E-state index contributed by atoms with van der Waals surface area (Å²) in [5, 5.41) is 28.5. The second-order valence-corrected chi connectivity index (χ2v) is 3.93.